The number of para-hydroxylation sites is 4. The maximum absolute atomic E-state index is 12.9. The molecule has 0 aliphatic heterocycles. The Morgan fingerprint density at radius 3 is 2.45 bits per heavy atom. The quantitative estimate of drug-likeness (QED) is 0.461. The molecule has 31 heavy (non-hydrogen) atoms. The Hall–Kier alpha value is -4.13. The van der Waals surface area contributed by atoms with Gasteiger partial charge in [-0.1, -0.05) is 42.5 Å². The Bertz CT molecular complexity index is 1220. The fraction of sp³-hybridized carbons (Fsp3) is 0.125. The molecule has 7 heteroatoms. The van der Waals surface area contributed by atoms with Gasteiger partial charge in [-0.2, -0.15) is 0 Å². The fourth-order valence-corrected chi connectivity index (χ4v) is 3.29. The first-order chi connectivity index (χ1) is 15.2. The van der Waals surface area contributed by atoms with Gasteiger partial charge in [0.15, 0.2) is 0 Å². The summed E-state index contributed by atoms with van der Waals surface area (Å²) in [6.07, 6.45) is 0. The average molecular weight is 415 g/mol. The number of esters is 1. The predicted molar refractivity (Wildman–Crippen MR) is 117 cm³/mol. The lowest BCUT2D eigenvalue weighted by Gasteiger charge is -2.12. The van der Waals surface area contributed by atoms with Gasteiger partial charge in [-0.05, 0) is 36.4 Å². The Morgan fingerprint density at radius 1 is 0.935 bits per heavy atom. The maximum atomic E-state index is 12.9. The maximum Gasteiger partial charge on any atom is 0.339 e. The summed E-state index contributed by atoms with van der Waals surface area (Å²) >= 11 is 0. The number of ether oxygens (including phenoxy) is 2. The van der Waals surface area contributed by atoms with Crippen LogP contribution >= 0.6 is 0 Å². The van der Waals surface area contributed by atoms with Crippen LogP contribution in [-0.2, 0) is 22.7 Å². The molecule has 0 aliphatic rings. The van der Waals surface area contributed by atoms with E-state index in [1.54, 1.807) is 24.3 Å². The van der Waals surface area contributed by atoms with E-state index in [-0.39, 0.29) is 19.1 Å². The zero-order valence-corrected chi connectivity index (χ0v) is 16.9. The molecule has 0 atom stereocenters. The summed E-state index contributed by atoms with van der Waals surface area (Å²) in [4.78, 5) is 29.5. The SMILES string of the molecule is COC(=O)c1ccccc1NC(=O)Cn1c(COc2ccccc2)nc2ccccc21. The summed E-state index contributed by atoms with van der Waals surface area (Å²) in [5.41, 5.74) is 2.29. The van der Waals surface area contributed by atoms with Gasteiger partial charge < -0.3 is 19.4 Å². The van der Waals surface area contributed by atoms with Gasteiger partial charge in [0.25, 0.3) is 0 Å². The Kier molecular flexibility index (Phi) is 5.93. The molecule has 7 nitrogen and oxygen atoms in total. The van der Waals surface area contributed by atoms with Crippen molar-refractivity contribution in [1.29, 1.82) is 0 Å². The van der Waals surface area contributed by atoms with Crippen molar-refractivity contribution in [2.75, 3.05) is 12.4 Å². The average Bonchev–Trinajstić information content (AvgIpc) is 3.15. The Balaban J connectivity index is 1.57. The van der Waals surface area contributed by atoms with E-state index in [0.717, 1.165) is 16.8 Å². The van der Waals surface area contributed by atoms with Gasteiger partial charge in [0.1, 0.15) is 24.7 Å². The van der Waals surface area contributed by atoms with Crippen LogP contribution in [0.2, 0.25) is 0 Å². The van der Waals surface area contributed by atoms with E-state index < -0.39 is 5.97 Å². The molecule has 1 amide bonds. The van der Waals surface area contributed by atoms with Crippen molar-refractivity contribution < 1.29 is 19.1 Å². The van der Waals surface area contributed by atoms with E-state index >= 15 is 0 Å². The van der Waals surface area contributed by atoms with Crippen LogP contribution in [0.25, 0.3) is 11.0 Å². The van der Waals surface area contributed by atoms with Gasteiger partial charge in [-0.15, -0.1) is 0 Å². The van der Waals surface area contributed by atoms with Crippen LogP contribution in [0, 0.1) is 0 Å². The number of nitrogens with one attached hydrogen (secondary N) is 1. The summed E-state index contributed by atoms with van der Waals surface area (Å²) in [5.74, 6) is 0.542. The highest BCUT2D eigenvalue weighted by molar-refractivity contribution is 6.01. The highest BCUT2D eigenvalue weighted by Crippen LogP contribution is 2.20. The third kappa shape index (κ3) is 4.56. The van der Waals surface area contributed by atoms with Gasteiger partial charge >= 0.3 is 5.97 Å². The molecule has 0 saturated carbocycles. The topological polar surface area (TPSA) is 82.5 Å². The number of carbonyl (C=O) groups excluding carboxylic acids is 2. The summed E-state index contributed by atoms with van der Waals surface area (Å²) in [6.45, 7) is 0.230. The molecule has 0 spiro atoms. The van der Waals surface area contributed by atoms with E-state index in [0.29, 0.717) is 17.1 Å². The molecule has 0 fully saturated rings. The minimum absolute atomic E-state index is 0.0174. The molecule has 1 heterocycles. The number of anilines is 1. The van der Waals surface area contributed by atoms with Crippen molar-refractivity contribution in [3.8, 4) is 5.75 Å². The number of carbonyl (C=O) groups is 2. The molecule has 0 saturated heterocycles. The highest BCUT2D eigenvalue weighted by Gasteiger charge is 2.17. The van der Waals surface area contributed by atoms with Crippen molar-refractivity contribution in [3.05, 3.63) is 90.3 Å². The number of methoxy groups -OCH3 is 1. The number of hydrogen-bond donors (Lipinski definition) is 1. The van der Waals surface area contributed by atoms with Crippen molar-refractivity contribution >= 4 is 28.6 Å². The van der Waals surface area contributed by atoms with Crippen LogP contribution in [0.4, 0.5) is 5.69 Å². The summed E-state index contributed by atoms with van der Waals surface area (Å²) in [6, 6.07) is 23.7. The molecular formula is C24H21N3O4. The first-order valence-electron chi connectivity index (χ1n) is 9.75. The van der Waals surface area contributed by atoms with Crippen molar-refractivity contribution in [3.63, 3.8) is 0 Å². The van der Waals surface area contributed by atoms with Crippen LogP contribution in [0.1, 0.15) is 16.2 Å². The number of benzene rings is 3. The number of aromatic nitrogens is 2. The predicted octanol–water partition coefficient (Wildman–Crippen LogP) is 4.04. The van der Waals surface area contributed by atoms with E-state index in [9.17, 15) is 9.59 Å². The van der Waals surface area contributed by atoms with Crippen molar-refractivity contribution in [2.24, 2.45) is 0 Å². The standard InChI is InChI=1S/C24H21N3O4/c1-30-24(29)18-11-5-6-12-19(18)26-23(28)15-27-21-14-8-7-13-20(21)25-22(27)16-31-17-9-3-2-4-10-17/h2-14H,15-16H2,1H3,(H,26,28). The van der Waals surface area contributed by atoms with Gasteiger partial charge in [0.2, 0.25) is 5.91 Å². The molecule has 0 unspecified atom stereocenters. The van der Waals surface area contributed by atoms with Crippen LogP contribution < -0.4 is 10.1 Å². The third-order valence-corrected chi connectivity index (χ3v) is 4.75. The fourth-order valence-electron chi connectivity index (χ4n) is 3.29. The van der Waals surface area contributed by atoms with E-state index in [4.69, 9.17) is 9.47 Å². The van der Waals surface area contributed by atoms with E-state index in [1.807, 2.05) is 59.2 Å². The van der Waals surface area contributed by atoms with Crippen LogP contribution in [0.5, 0.6) is 5.75 Å². The minimum Gasteiger partial charge on any atom is -0.486 e. The first kappa shape index (κ1) is 20.2. The Labute approximate surface area is 179 Å². The largest absolute Gasteiger partial charge is 0.486 e. The van der Waals surface area contributed by atoms with E-state index in [1.165, 1.54) is 7.11 Å². The molecule has 0 aliphatic carbocycles. The van der Waals surface area contributed by atoms with Crippen LogP contribution in [0.3, 0.4) is 0 Å². The molecule has 4 rings (SSSR count). The molecule has 1 aromatic heterocycles. The van der Waals surface area contributed by atoms with Gasteiger partial charge in [0, 0.05) is 0 Å². The monoisotopic (exact) mass is 415 g/mol. The molecule has 0 bridgehead atoms. The molecule has 0 radical (unpaired) electrons. The van der Waals surface area contributed by atoms with Crippen LogP contribution in [-0.4, -0.2) is 28.5 Å². The molecule has 4 aromatic rings. The first-order valence-corrected chi connectivity index (χ1v) is 9.75. The van der Waals surface area contributed by atoms with Crippen molar-refractivity contribution in [1.82, 2.24) is 9.55 Å². The number of fused-ring (bicyclic) bond motifs is 1. The van der Waals surface area contributed by atoms with Crippen molar-refractivity contribution in [2.45, 2.75) is 13.2 Å². The molecule has 1 N–H and O–H groups in total. The minimum atomic E-state index is -0.513. The second-order valence-electron chi connectivity index (χ2n) is 6.79. The van der Waals surface area contributed by atoms with E-state index in [2.05, 4.69) is 10.3 Å². The molecular weight excluding hydrogens is 394 g/mol. The van der Waals surface area contributed by atoms with Crippen LogP contribution in [0.15, 0.2) is 78.9 Å². The second kappa shape index (κ2) is 9.13. The zero-order chi connectivity index (χ0) is 21.6. The highest BCUT2D eigenvalue weighted by atomic mass is 16.5. The second-order valence-corrected chi connectivity index (χ2v) is 6.79. The van der Waals surface area contributed by atoms with Gasteiger partial charge in [0.05, 0.1) is 29.4 Å². The number of imidazole rings is 1. The van der Waals surface area contributed by atoms with Gasteiger partial charge in [-0.25, -0.2) is 9.78 Å². The lowest BCUT2D eigenvalue weighted by molar-refractivity contribution is -0.116. The summed E-state index contributed by atoms with van der Waals surface area (Å²) in [5, 5.41) is 2.80. The lowest BCUT2D eigenvalue weighted by Crippen LogP contribution is -2.22. The Morgan fingerprint density at radius 2 is 1.65 bits per heavy atom. The summed E-state index contributed by atoms with van der Waals surface area (Å²) < 4.78 is 12.5. The van der Waals surface area contributed by atoms with Gasteiger partial charge in [-0.3, -0.25) is 4.79 Å². The lowest BCUT2D eigenvalue weighted by atomic mass is 10.2. The zero-order valence-electron chi connectivity index (χ0n) is 16.9. The molecule has 156 valence electrons. The normalized spacial score (nSPS) is 10.6. The number of amides is 1. The number of hydrogen-bond acceptors (Lipinski definition) is 5. The third-order valence-electron chi connectivity index (χ3n) is 4.75. The number of rotatable bonds is 7. The smallest absolute Gasteiger partial charge is 0.339 e. The summed E-state index contributed by atoms with van der Waals surface area (Å²) in [7, 11) is 1.30. The molecule has 3 aromatic carbocycles. The number of nitrogens with zero attached hydrogens (tertiary/aromatic N) is 2.